The van der Waals surface area contributed by atoms with E-state index in [1.165, 1.54) is 14.2 Å². The van der Waals surface area contributed by atoms with E-state index in [4.69, 9.17) is 4.74 Å². The van der Waals surface area contributed by atoms with Gasteiger partial charge in [0.25, 0.3) is 0 Å². The zero-order valence-corrected chi connectivity index (χ0v) is 9.57. The summed E-state index contributed by atoms with van der Waals surface area (Å²) in [5.41, 5.74) is 0.655. The number of methoxy groups -OCH3 is 2. The Balaban J connectivity index is 2.95. The van der Waals surface area contributed by atoms with Gasteiger partial charge in [0.15, 0.2) is 0 Å². The molecule has 0 aliphatic rings. The molecular weight excluding hydrogens is 211 g/mol. The molecule has 1 rings (SSSR count). The predicted molar refractivity (Wildman–Crippen MR) is 58.3 cm³/mol. The van der Waals surface area contributed by atoms with Crippen LogP contribution in [0.1, 0.15) is 18.4 Å². The molecule has 0 fully saturated rings. The molecule has 0 aliphatic heterocycles. The molecule has 88 valence electrons. The molecule has 4 heteroatoms. The summed E-state index contributed by atoms with van der Waals surface area (Å²) in [5.74, 6) is -0.886. The van der Waals surface area contributed by atoms with E-state index < -0.39 is 18.1 Å². The van der Waals surface area contributed by atoms with Gasteiger partial charge in [-0.25, -0.2) is 9.18 Å². The van der Waals surface area contributed by atoms with Crippen LogP contribution in [0.4, 0.5) is 4.39 Å². The molecule has 0 radical (unpaired) electrons. The number of carbonyl (C=O) groups excluding carboxylic acids is 1. The number of esters is 1. The molecule has 0 saturated heterocycles. The Bertz CT molecular complexity index is 365. The molecule has 0 amide bonds. The largest absolute Gasteiger partial charge is 0.496 e. The van der Waals surface area contributed by atoms with Gasteiger partial charge in [0.05, 0.1) is 14.2 Å². The van der Waals surface area contributed by atoms with Gasteiger partial charge in [0.2, 0.25) is 6.17 Å². The number of carbonyl (C=O) groups is 1. The molecule has 0 heterocycles. The zero-order chi connectivity index (χ0) is 12.1. The standard InChI is InChI=1S/C12H15FO3/c1-8(11(13)12(14)16-3)9-6-4-5-7-10(9)15-2/h4-8,11H,1-3H3. The van der Waals surface area contributed by atoms with Gasteiger partial charge in [-0.3, -0.25) is 0 Å². The molecule has 1 aromatic rings. The maximum Gasteiger partial charge on any atom is 0.341 e. The number of halogens is 1. The van der Waals surface area contributed by atoms with Crippen LogP contribution in [0.2, 0.25) is 0 Å². The number of rotatable bonds is 4. The van der Waals surface area contributed by atoms with Crippen LogP contribution in [-0.4, -0.2) is 26.4 Å². The Morgan fingerprint density at radius 2 is 1.94 bits per heavy atom. The molecule has 0 aromatic heterocycles. The third-order valence-electron chi connectivity index (χ3n) is 2.49. The quantitative estimate of drug-likeness (QED) is 0.739. The lowest BCUT2D eigenvalue weighted by Crippen LogP contribution is -2.23. The van der Waals surface area contributed by atoms with Crippen LogP contribution in [0.5, 0.6) is 5.75 Å². The van der Waals surface area contributed by atoms with E-state index in [1.54, 1.807) is 31.2 Å². The summed E-state index contributed by atoms with van der Waals surface area (Å²) in [5, 5.41) is 0. The summed E-state index contributed by atoms with van der Waals surface area (Å²) in [6, 6.07) is 7.04. The summed E-state index contributed by atoms with van der Waals surface area (Å²) < 4.78 is 23.1. The van der Waals surface area contributed by atoms with Gasteiger partial charge in [-0.15, -0.1) is 0 Å². The van der Waals surface area contributed by atoms with Crippen molar-refractivity contribution in [3.8, 4) is 5.75 Å². The van der Waals surface area contributed by atoms with Crippen LogP contribution in [0.25, 0.3) is 0 Å². The van der Waals surface area contributed by atoms with Crippen molar-refractivity contribution < 1.29 is 18.7 Å². The molecule has 0 saturated carbocycles. The van der Waals surface area contributed by atoms with Gasteiger partial charge in [0, 0.05) is 11.5 Å². The van der Waals surface area contributed by atoms with Crippen molar-refractivity contribution in [1.82, 2.24) is 0 Å². The Hall–Kier alpha value is -1.58. The van der Waals surface area contributed by atoms with Gasteiger partial charge < -0.3 is 9.47 Å². The van der Waals surface area contributed by atoms with Crippen LogP contribution in [0, 0.1) is 0 Å². The number of hydrogen-bond donors (Lipinski definition) is 0. The van der Waals surface area contributed by atoms with E-state index in [1.807, 2.05) is 0 Å². The minimum atomic E-state index is -1.68. The van der Waals surface area contributed by atoms with E-state index in [0.717, 1.165) is 0 Å². The minimum absolute atomic E-state index is 0.571. The first-order valence-electron chi connectivity index (χ1n) is 4.96. The minimum Gasteiger partial charge on any atom is -0.496 e. The highest BCUT2D eigenvalue weighted by Gasteiger charge is 2.28. The lowest BCUT2D eigenvalue weighted by molar-refractivity contribution is -0.147. The fraction of sp³-hybridized carbons (Fsp3) is 0.417. The normalized spacial score (nSPS) is 14.0. The first-order chi connectivity index (χ1) is 7.61. The van der Waals surface area contributed by atoms with Crippen LogP contribution in [0.15, 0.2) is 24.3 Å². The molecule has 0 spiro atoms. The second-order valence-electron chi connectivity index (χ2n) is 3.46. The predicted octanol–water partition coefficient (Wildman–Crippen LogP) is 2.31. The van der Waals surface area contributed by atoms with Crippen LogP contribution < -0.4 is 4.74 Å². The summed E-state index contributed by atoms with van der Waals surface area (Å²) in [6.45, 7) is 1.62. The molecule has 0 N–H and O–H groups in total. The number of benzene rings is 1. The lowest BCUT2D eigenvalue weighted by atomic mass is 9.95. The maximum atomic E-state index is 13.7. The van der Waals surface area contributed by atoms with Gasteiger partial charge >= 0.3 is 5.97 Å². The van der Waals surface area contributed by atoms with Gasteiger partial charge in [-0.2, -0.15) is 0 Å². The van der Waals surface area contributed by atoms with Gasteiger partial charge in [-0.1, -0.05) is 25.1 Å². The molecule has 3 nitrogen and oxygen atoms in total. The first-order valence-corrected chi connectivity index (χ1v) is 4.96. The Morgan fingerprint density at radius 3 is 2.50 bits per heavy atom. The Labute approximate surface area is 94.2 Å². The van der Waals surface area contributed by atoms with Crippen molar-refractivity contribution in [2.24, 2.45) is 0 Å². The van der Waals surface area contributed by atoms with Crippen LogP contribution in [0.3, 0.4) is 0 Å². The molecule has 2 unspecified atom stereocenters. The molecular formula is C12H15FO3. The SMILES string of the molecule is COC(=O)C(F)C(C)c1ccccc1OC. The van der Waals surface area contributed by atoms with Gasteiger partial charge in [0.1, 0.15) is 5.75 Å². The summed E-state index contributed by atoms with van der Waals surface area (Å²) in [4.78, 5) is 11.1. The highest BCUT2D eigenvalue weighted by molar-refractivity contribution is 5.75. The zero-order valence-electron chi connectivity index (χ0n) is 9.57. The summed E-state index contributed by atoms with van der Waals surface area (Å²) in [7, 11) is 2.68. The van der Waals surface area contributed by atoms with Crippen molar-refractivity contribution in [3.05, 3.63) is 29.8 Å². The third kappa shape index (κ3) is 2.51. The molecule has 16 heavy (non-hydrogen) atoms. The highest BCUT2D eigenvalue weighted by Crippen LogP contribution is 2.30. The van der Waals surface area contributed by atoms with Crippen LogP contribution >= 0.6 is 0 Å². The van der Waals surface area contributed by atoms with E-state index in [2.05, 4.69) is 4.74 Å². The Morgan fingerprint density at radius 1 is 1.31 bits per heavy atom. The molecule has 0 aliphatic carbocycles. The molecule has 0 bridgehead atoms. The number of hydrogen-bond acceptors (Lipinski definition) is 3. The second-order valence-corrected chi connectivity index (χ2v) is 3.46. The highest BCUT2D eigenvalue weighted by atomic mass is 19.1. The van der Waals surface area contributed by atoms with Crippen molar-refractivity contribution in [2.75, 3.05) is 14.2 Å². The van der Waals surface area contributed by atoms with Crippen molar-refractivity contribution in [3.63, 3.8) is 0 Å². The topological polar surface area (TPSA) is 35.5 Å². The summed E-state index contributed by atoms with van der Waals surface area (Å²) in [6.07, 6.45) is -1.68. The number of para-hydroxylation sites is 1. The number of ether oxygens (including phenoxy) is 2. The summed E-state index contributed by atoms with van der Waals surface area (Å²) >= 11 is 0. The third-order valence-corrected chi connectivity index (χ3v) is 2.49. The maximum absolute atomic E-state index is 13.7. The smallest absolute Gasteiger partial charge is 0.341 e. The van der Waals surface area contributed by atoms with E-state index >= 15 is 0 Å². The molecule has 1 aromatic carbocycles. The van der Waals surface area contributed by atoms with E-state index in [-0.39, 0.29) is 0 Å². The van der Waals surface area contributed by atoms with Crippen LogP contribution in [-0.2, 0) is 9.53 Å². The van der Waals surface area contributed by atoms with E-state index in [0.29, 0.717) is 11.3 Å². The van der Waals surface area contributed by atoms with Gasteiger partial charge in [-0.05, 0) is 6.07 Å². The fourth-order valence-electron chi connectivity index (χ4n) is 1.52. The molecule has 2 atom stereocenters. The van der Waals surface area contributed by atoms with E-state index in [9.17, 15) is 9.18 Å². The van der Waals surface area contributed by atoms with Crippen molar-refractivity contribution in [2.45, 2.75) is 19.0 Å². The van der Waals surface area contributed by atoms with Crippen molar-refractivity contribution in [1.29, 1.82) is 0 Å². The number of alkyl halides is 1. The lowest BCUT2D eigenvalue weighted by Gasteiger charge is -2.17. The average molecular weight is 226 g/mol. The second kappa shape index (κ2) is 5.49. The first kappa shape index (κ1) is 12.5. The Kier molecular flexibility index (Phi) is 4.28. The van der Waals surface area contributed by atoms with Crippen molar-refractivity contribution >= 4 is 5.97 Å². The monoisotopic (exact) mass is 226 g/mol. The fourth-order valence-corrected chi connectivity index (χ4v) is 1.52. The average Bonchev–Trinajstić information content (AvgIpc) is 2.35.